The van der Waals surface area contributed by atoms with Crippen LogP contribution >= 0.6 is 23.2 Å². The summed E-state index contributed by atoms with van der Waals surface area (Å²) >= 11 is 11.6. The highest BCUT2D eigenvalue weighted by Gasteiger charge is 2.09. The van der Waals surface area contributed by atoms with Crippen molar-refractivity contribution in [1.29, 1.82) is 0 Å². The van der Waals surface area contributed by atoms with Crippen LogP contribution in [0.25, 0.3) is 0 Å². The van der Waals surface area contributed by atoms with Gasteiger partial charge in [0.05, 0.1) is 11.1 Å². The Hall–Kier alpha value is -0.340. The lowest BCUT2D eigenvalue weighted by Crippen LogP contribution is -1.96. The molecule has 11 heavy (non-hydrogen) atoms. The van der Waals surface area contributed by atoms with Crippen LogP contribution in [0, 0.1) is 6.92 Å². The van der Waals surface area contributed by atoms with Crippen LogP contribution in [0.1, 0.15) is 23.6 Å². The van der Waals surface area contributed by atoms with Crippen LogP contribution in [0.3, 0.4) is 0 Å². The molecule has 1 aromatic rings. The lowest BCUT2D eigenvalue weighted by atomic mass is 10.2. The van der Waals surface area contributed by atoms with Crippen molar-refractivity contribution in [2.45, 2.75) is 19.2 Å². The molecule has 1 rings (SSSR count). The van der Waals surface area contributed by atoms with E-state index in [4.69, 9.17) is 23.2 Å². The van der Waals surface area contributed by atoms with Crippen LogP contribution in [0.2, 0.25) is 5.15 Å². The van der Waals surface area contributed by atoms with E-state index in [-0.39, 0.29) is 5.38 Å². The topological polar surface area (TPSA) is 25.8 Å². The molecule has 0 bridgehead atoms. The summed E-state index contributed by atoms with van der Waals surface area (Å²) < 4.78 is 0. The standard InChI is InChI=1S/C7H8Cl2N2/c1-4-6(5(2)8)10-3-11-7(4)9/h3,5H,1-2H3. The Balaban J connectivity index is 3.17. The summed E-state index contributed by atoms with van der Waals surface area (Å²) in [6, 6.07) is 0. The third-order valence-corrected chi connectivity index (χ3v) is 2.03. The molecule has 1 heterocycles. The molecule has 0 fully saturated rings. The Morgan fingerprint density at radius 2 is 2.09 bits per heavy atom. The molecule has 0 aliphatic heterocycles. The number of hydrogen-bond acceptors (Lipinski definition) is 2. The fraction of sp³-hybridized carbons (Fsp3) is 0.429. The Bertz CT molecular complexity index is 261. The second kappa shape index (κ2) is 3.37. The van der Waals surface area contributed by atoms with Crippen molar-refractivity contribution in [2.75, 3.05) is 0 Å². The molecule has 0 aromatic carbocycles. The van der Waals surface area contributed by atoms with Crippen LogP contribution < -0.4 is 0 Å². The van der Waals surface area contributed by atoms with Crippen molar-refractivity contribution in [1.82, 2.24) is 9.97 Å². The third kappa shape index (κ3) is 1.82. The van der Waals surface area contributed by atoms with Crippen molar-refractivity contribution in [3.05, 3.63) is 22.7 Å². The molecule has 0 spiro atoms. The average molecular weight is 191 g/mol. The molecule has 0 N–H and O–H groups in total. The number of alkyl halides is 1. The van der Waals surface area contributed by atoms with Crippen molar-refractivity contribution in [2.24, 2.45) is 0 Å². The number of halogens is 2. The molecule has 0 saturated carbocycles. The first-order valence-corrected chi connectivity index (χ1v) is 4.05. The minimum atomic E-state index is -0.115. The van der Waals surface area contributed by atoms with Crippen molar-refractivity contribution in [3.8, 4) is 0 Å². The zero-order chi connectivity index (χ0) is 8.43. The van der Waals surface area contributed by atoms with Gasteiger partial charge in [0.1, 0.15) is 11.5 Å². The predicted octanol–water partition coefficient (Wildman–Crippen LogP) is 2.74. The van der Waals surface area contributed by atoms with E-state index in [1.165, 1.54) is 6.33 Å². The van der Waals surface area contributed by atoms with Gasteiger partial charge in [0.25, 0.3) is 0 Å². The summed E-state index contributed by atoms with van der Waals surface area (Å²) in [5.41, 5.74) is 1.66. The highest BCUT2D eigenvalue weighted by atomic mass is 35.5. The largest absolute Gasteiger partial charge is 0.239 e. The van der Waals surface area contributed by atoms with Gasteiger partial charge in [-0.3, -0.25) is 0 Å². The summed E-state index contributed by atoms with van der Waals surface area (Å²) in [5.74, 6) is 0. The number of rotatable bonds is 1. The van der Waals surface area contributed by atoms with E-state index >= 15 is 0 Å². The molecule has 2 nitrogen and oxygen atoms in total. The van der Waals surface area contributed by atoms with Crippen LogP contribution in [-0.4, -0.2) is 9.97 Å². The quantitative estimate of drug-likeness (QED) is 0.503. The maximum Gasteiger partial charge on any atom is 0.135 e. The molecule has 0 saturated heterocycles. The van der Waals surface area contributed by atoms with Gasteiger partial charge in [-0.25, -0.2) is 9.97 Å². The van der Waals surface area contributed by atoms with E-state index in [0.717, 1.165) is 11.3 Å². The van der Waals surface area contributed by atoms with Gasteiger partial charge in [0.2, 0.25) is 0 Å². The first-order chi connectivity index (χ1) is 5.13. The van der Waals surface area contributed by atoms with Crippen LogP contribution in [-0.2, 0) is 0 Å². The summed E-state index contributed by atoms with van der Waals surface area (Å²) in [4.78, 5) is 7.83. The van der Waals surface area contributed by atoms with Gasteiger partial charge < -0.3 is 0 Å². The van der Waals surface area contributed by atoms with Crippen molar-refractivity contribution < 1.29 is 0 Å². The van der Waals surface area contributed by atoms with Crippen LogP contribution in [0.5, 0.6) is 0 Å². The monoisotopic (exact) mass is 190 g/mol. The van der Waals surface area contributed by atoms with E-state index in [2.05, 4.69) is 9.97 Å². The van der Waals surface area contributed by atoms with Gasteiger partial charge in [-0.2, -0.15) is 0 Å². The van der Waals surface area contributed by atoms with E-state index in [1.807, 2.05) is 13.8 Å². The summed E-state index contributed by atoms with van der Waals surface area (Å²) in [7, 11) is 0. The summed E-state index contributed by atoms with van der Waals surface area (Å²) in [5, 5.41) is 0.359. The zero-order valence-electron chi connectivity index (χ0n) is 6.31. The smallest absolute Gasteiger partial charge is 0.135 e. The number of aromatic nitrogens is 2. The fourth-order valence-electron chi connectivity index (χ4n) is 0.842. The minimum Gasteiger partial charge on any atom is -0.239 e. The van der Waals surface area contributed by atoms with Gasteiger partial charge in [-0.05, 0) is 13.8 Å². The van der Waals surface area contributed by atoms with Crippen LogP contribution in [0.15, 0.2) is 6.33 Å². The van der Waals surface area contributed by atoms with E-state index in [9.17, 15) is 0 Å². The molecule has 1 unspecified atom stereocenters. The predicted molar refractivity (Wildman–Crippen MR) is 46.0 cm³/mol. The maximum atomic E-state index is 5.83. The molecule has 0 amide bonds. The number of hydrogen-bond donors (Lipinski definition) is 0. The average Bonchev–Trinajstić information content (AvgIpc) is 1.94. The highest BCUT2D eigenvalue weighted by molar-refractivity contribution is 6.30. The molecule has 0 aliphatic carbocycles. The molecule has 4 heteroatoms. The van der Waals surface area contributed by atoms with Gasteiger partial charge >= 0.3 is 0 Å². The second-order valence-corrected chi connectivity index (χ2v) is 3.30. The molecule has 1 atom stereocenters. The van der Waals surface area contributed by atoms with Gasteiger partial charge in [0.15, 0.2) is 0 Å². The molecule has 0 radical (unpaired) electrons. The van der Waals surface area contributed by atoms with E-state index in [1.54, 1.807) is 0 Å². The SMILES string of the molecule is Cc1c(Cl)ncnc1C(C)Cl. The molecular weight excluding hydrogens is 183 g/mol. The Morgan fingerprint density at radius 1 is 1.45 bits per heavy atom. The second-order valence-electron chi connectivity index (χ2n) is 2.29. The third-order valence-electron chi connectivity index (χ3n) is 1.44. The number of nitrogens with zero attached hydrogens (tertiary/aromatic N) is 2. The van der Waals surface area contributed by atoms with Crippen molar-refractivity contribution in [3.63, 3.8) is 0 Å². The molecular formula is C7H8Cl2N2. The summed E-state index contributed by atoms with van der Waals surface area (Å²) in [6.07, 6.45) is 1.42. The van der Waals surface area contributed by atoms with Gasteiger partial charge in [-0.1, -0.05) is 11.6 Å². The summed E-state index contributed by atoms with van der Waals surface area (Å²) in [6.45, 7) is 3.71. The fourth-order valence-corrected chi connectivity index (χ4v) is 1.20. The molecule has 60 valence electrons. The highest BCUT2D eigenvalue weighted by Crippen LogP contribution is 2.23. The van der Waals surface area contributed by atoms with Crippen molar-refractivity contribution >= 4 is 23.2 Å². The normalized spacial score (nSPS) is 13.1. The maximum absolute atomic E-state index is 5.83. The van der Waals surface area contributed by atoms with E-state index in [0.29, 0.717) is 5.15 Å². The van der Waals surface area contributed by atoms with E-state index < -0.39 is 0 Å². The van der Waals surface area contributed by atoms with Crippen LogP contribution in [0.4, 0.5) is 0 Å². The lowest BCUT2D eigenvalue weighted by Gasteiger charge is -2.05. The first kappa shape index (κ1) is 8.75. The molecule has 1 aromatic heterocycles. The zero-order valence-corrected chi connectivity index (χ0v) is 7.82. The Labute approximate surface area is 75.6 Å². The molecule has 0 aliphatic rings. The minimum absolute atomic E-state index is 0.115. The Morgan fingerprint density at radius 3 is 2.55 bits per heavy atom. The van der Waals surface area contributed by atoms with Gasteiger partial charge in [0, 0.05) is 5.56 Å². The van der Waals surface area contributed by atoms with Gasteiger partial charge in [-0.15, -0.1) is 11.6 Å². The lowest BCUT2D eigenvalue weighted by molar-refractivity contribution is 0.942. The first-order valence-electron chi connectivity index (χ1n) is 3.24. The Kier molecular flexibility index (Phi) is 2.68.